The molecule has 2 rings (SSSR count). The molecule has 1 aromatic heterocycles. The van der Waals surface area contributed by atoms with Crippen LogP contribution < -0.4 is 5.56 Å². The summed E-state index contributed by atoms with van der Waals surface area (Å²) >= 11 is 0. The molecule has 0 aliphatic heterocycles. The zero-order chi connectivity index (χ0) is 13.1. The normalized spacial score (nSPS) is 20.0. The van der Waals surface area contributed by atoms with Crippen LogP contribution in [0.5, 0.6) is 0 Å². The molecule has 1 atom stereocenters. The average molecular weight is 245 g/mol. The summed E-state index contributed by atoms with van der Waals surface area (Å²) in [5.41, 5.74) is 2.74. The largest absolute Gasteiger partial charge is 0.315 e. The fraction of sp³-hybridized carbons (Fsp3) is 0.562. The van der Waals surface area contributed by atoms with Gasteiger partial charge in [-0.3, -0.25) is 4.79 Å². The van der Waals surface area contributed by atoms with Gasteiger partial charge in [-0.25, -0.2) is 0 Å². The molecule has 0 fully saturated rings. The van der Waals surface area contributed by atoms with E-state index in [2.05, 4.69) is 26.8 Å². The zero-order valence-electron chi connectivity index (χ0n) is 11.6. The summed E-state index contributed by atoms with van der Waals surface area (Å²) < 4.78 is 1.85. The van der Waals surface area contributed by atoms with Crippen molar-refractivity contribution in [2.45, 2.75) is 46.6 Å². The van der Waals surface area contributed by atoms with Crippen molar-refractivity contribution in [3.05, 3.63) is 40.3 Å². The lowest BCUT2D eigenvalue weighted by molar-refractivity contribution is 0.509. The fourth-order valence-corrected chi connectivity index (χ4v) is 2.48. The standard InChI is InChI=1S/C16H23NO/c1-12(2)10-17-11-15(8-9-16(17)18)14-6-4-13(3)5-7-14/h6,8-9,11-13H,4-5,7,10H2,1-3H3. The first-order chi connectivity index (χ1) is 8.56. The Morgan fingerprint density at radius 1 is 1.39 bits per heavy atom. The van der Waals surface area contributed by atoms with Crippen LogP contribution >= 0.6 is 0 Å². The molecule has 0 bridgehead atoms. The number of aromatic nitrogens is 1. The van der Waals surface area contributed by atoms with Gasteiger partial charge in [0, 0.05) is 18.8 Å². The van der Waals surface area contributed by atoms with Crippen LogP contribution in [0.2, 0.25) is 0 Å². The Labute approximate surface area is 109 Å². The van der Waals surface area contributed by atoms with Crippen LogP contribution in [0.4, 0.5) is 0 Å². The van der Waals surface area contributed by atoms with Crippen molar-refractivity contribution < 1.29 is 0 Å². The molecular weight excluding hydrogens is 222 g/mol. The first-order valence-electron chi connectivity index (χ1n) is 6.96. The number of hydrogen-bond donors (Lipinski definition) is 0. The topological polar surface area (TPSA) is 22.0 Å². The molecule has 1 aliphatic carbocycles. The van der Waals surface area contributed by atoms with E-state index in [9.17, 15) is 4.79 Å². The highest BCUT2D eigenvalue weighted by atomic mass is 16.1. The maximum absolute atomic E-state index is 11.8. The Morgan fingerprint density at radius 3 is 2.78 bits per heavy atom. The van der Waals surface area contributed by atoms with E-state index in [1.54, 1.807) is 6.07 Å². The molecule has 2 heteroatoms. The molecule has 1 aromatic rings. The van der Waals surface area contributed by atoms with E-state index >= 15 is 0 Å². The second-order valence-electron chi connectivity index (χ2n) is 5.91. The smallest absolute Gasteiger partial charge is 0.250 e. The summed E-state index contributed by atoms with van der Waals surface area (Å²) in [5, 5.41) is 0. The minimum Gasteiger partial charge on any atom is -0.315 e. The van der Waals surface area contributed by atoms with E-state index in [0.29, 0.717) is 5.92 Å². The van der Waals surface area contributed by atoms with Crippen LogP contribution in [0.15, 0.2) is 29.2 Å². The van der Waals surface area contributed by atoms with E-state index in [4.69, 9.17) is 0 Å². The van der Waals surface area contributed by atoms with Gasteiger partial charge in [0.2, 0.25) is 0 Å². The molecule has 2 nitrogen and oxygen atoms in total. The third-order valence-corrected chi connectivity index (χ3v) is 3.59. The SMILES string of the molecule is CC(C)Cn1cc(C2=CCC(C)CC2)ccc1=O. The summed E-state index contributed by atoms with van der Waals surface area (Å²) in [5.74, 6) is 1.30. The predicted molar refractivity (Wildman–Crippen MR) is 76.5 cm³/mol. The predicted octanol–water partition coefficient (Wildman–Crippen LogP) is 3.71. The van der Waals surface area contributed by atoms with Gasteiger partial charge < -0.3 is 4.57 Å². The van der Waals surface area contributed by atoms with Crippen LogP contribution in [0.25, 0.3) is 5.57 Å². The van der Waals surface area contributed by atoms with Crippen molar-refractivity contribution in [2.24, 2.45) is 11.8 Å². The molecule has 1 aliphatic rings. The summed E-state index contributed by atoms with van der Waals surface area (Å²) in [6, 6.07) is 3.68. The first kappa shape index (κ1) is 13.1. The van der Waals surface area contributed by atoms with Crippen molar-refractivity contribution in [3.63, 3.8) is 0 Å². The Balaban J connectivity index is 2.27. The van der Waals surface area contributed by atoms with Crippen LogP contribution in [0, 0.1) is 11.8 Å². The molecular formula is C16H23NO. The number of pyridine rings is 1. The van der Waals surface area contributed by atoms with Crippen molar-refractivity contribution >= 4 is 5.57 Å². The third-order valence-electron chi connectivity index (χ3n) is 3.59. The van der Waals surface area contributed by atoms with E-state index in [1.807, 2.05) is 16.8 Å². The Morgan fingerprint density at radius 2 is 2.17 bits per heavy atom. The van der Waals surface area contributed by atoms with Gasteiger partial charge in [-0.05, 0) is 48.3 Å². The molecule has 0 aromatic carbocycles. The molecule has 0 radical (unpaired) electrons. The van der Waals surface area contributed by atoms with Crippen LogP contribution in [-0.2, 0) is 6.54 Å². The van der Waals surface area contributed by atoms with E-state index in [-0.39, 0.29) is 5.56 Å². The van der Waals surface area contributed by atoms with E-state index in [0.717, 1.165) is 18.9 Å². The molecule has 1 heterocycles. The summed E-state index contributed by atoms with van der Waals surface area (Å²) in [6.45, 7) is 7.38. The fourth-order valence-electron chi connectivity index (χ4n) is 2.48. The minimum atomic E-state index is 0.109. The zero-order valence-corrected chi connectivity index (χ0v) is 11.6. The molecule has 0 saturated carbocycles. The van der Waals surface area contributed by atoms with Gasteiger partial charge in [-0.1, -0.05) is 26.8 Å². The number of allylic oxidation sites excluding steroid dienone is 2. The van der Waals surface area contributed by atoms with Gasteiger partial charge in [0.1, 0.15) is 0 Å². The molecule has 18 heavy (non-hydrogen) atoms. The van der Waals surface area contributed by atoms with Crippen molar-refractivity contribution in [1.82, 2.24) is 4.57 Å². The van der Waals surface area contributed by atoms with Gasteiger partial charge in [0.15, 0.2) is 0 Å². The Hall–Kier alpha value is -1.31. The monoisotopic (exact) mass is 245 g/mol. The number of rotatable bonds is 3. The van der Waals surface area contributed by atoms with E-state index < -0.39 is 0 Å². The summed E-state index contributed by atoms with van der Waals surface area (Å²) in [7, 11) is 0. The van der Waals surface area contributed by atoms with Gasteiger partial charge in [-0.15, -0.1) is 0 Å². The lowest BCUT2D eigenvalue weighted by Gasteiger charge is -2.19. The Kier molecular flexibility index (Phi) is 4.05. The maximum Gasteiger partial charge on any atom is 0.250 e. The molecule has 1 unspecified atom stereocenters. The average Bonchev–Trinajstić information content (AvgIpc) is 2.32. The van der Waals surface area contributed by atoms with E-state index in [1.165, 1.54) is 24.0 Å². The molecule has 0 saturated heterocycles. The highest BCUT2D eigenvalue weighted by Gasteiger charge is 2.12. The highest BCUT2D eigenvalue weighted by molar-refractivity contribution is 5.65. The second-order valence-corrected chi connectivity index (χ2v) is 5.91. The third kappa shape index (κ3) is 3.12. The molecule has 0 N–H and O–H groups in total. The molecule has 0 spiro atoms. The quantitative estimate of drug-likeness (QED) is 0.795. The van der Waals surface area contributed by atoms with Crippen LogP contribution in [0.3, 0.4) is 0 Å². The van der Waals surface area contributed by atoms with Gasteiger partial charge in [-0.2, -0.15) is 0 Å². The lowest BCUT2D eigenvalue weighted by Crippen LogP contribution is -2.21. The number of hydrogen-bond acceptors (Lipinski definition) is 1. The van der Waals surface area contributed by atoms with Crippen molar-refractivity contribution in [3.8, 4) is 0 Å². The van der Waals surface area contributed by atoms with Crippen LogP contribution in [-0.4, -0.2) is 4.57 Å². The molecule has 0 amide bonds. The van der Waals surface area contributed by atoms with Gasteiger partial charge in [0.25, 0.3) is 5.56 Å². The second kappa shape index (κ2) is 5.55. The maximum atomic E-state index is 11.8. The number of nitrogens with zero attached hydrogens (tertiary/aromatic N) is 1. The first-order valence-corrected chi connectivity index (χ1v) is 6.96. The van der Waals surface area contributed by atoms with Crippen molar-refractivity contribution in [1.29, 1.82) is 0 Å². The highest BCUT2D eigenvalue weighted by Crippen LogP contribution is 2.29. The Bertz CT molecular complexity index is 496. The van der Waals surface area contributed by atoms with Gasteiger partial charge in [0.05, 0.1) is 0 Å². The summed E-state index contributed by atoms with van der Waals surface area (Å²) in [4.78, 5) is 11.8. The molecule has 98 valence electrons. The minimum absolute atomic E-state index is 0.109. The van der Waals surface area contributed by atoms with Crippen molar-refractivity contribution in [2.75, 3.05) is 0 Å². The summed E-state index contributed by atoms with van der Waals surface area (Å²) in [6.07, 6.45) is 7.94. The lowest BCUT2D eigenvalue weighted by atomic mass is 9.88. The van der Waals surface area contributed by atoms with Gasteiger partial charge >= 0.3 is 0 Å². The van der Waals surface area contributed by atoms with Crippen LogP contribution in [0.1, 0.15) is 45.6 Å².